The summed E-state index contributed by atoms with van der Waals surface area (Å²) < 4.78 is 6.78. The molecule has 2 aromatic heterocycles. The van der Waals surface area contributed by atoms with Crippen molar-refractivity contribution in [3.05, 3.63) is 70.8 Å². The van der Waals surface area contributed by atoms with Gasteiger partial charge in [0, 0.05) is 0 Å². The lowest BCUT2D eigenvalue weighted by molar-refractivity contribution is 0.414. The lowest BCUT2D eigenvalue weighted by Gasteiger charge is -2.10. The predicted molar refractivity (Wildman–Crippen MR) is 90.6 cm³/mol. The number of fused-ring (bicyclic) bond motifs is 1. The Morgan fingerprint density at radius 1 is 1.22 bits per heavy atom. The van der Waals surface area contributed by atoms with Gasteiger partial charge in [0.2, 0.25) is 0 Å². The van der Waals surface area contributed by atoms with Gasteiger partial charge in [0.15, 0.2) is 5.65 Å². The lowest BCUT2D eigenvalue weighted by atomic mass is 10.2. The summed E-state index contributed by atoms with van der Waals surface area (Å²) in [5.41, 5.74) is 3.66. The summed E-state index contributed by atoms with van der Waals surface area (Å²) in [5.74, 6) is 0.781. The van der Waals surface area contributed by atoms with Crippen LogP contribution in [0.25, 0.3) is 16.7 Å². The number of methoxy groups -OCH3 is 1. The van der Waals surface area contributed by atoms with Crippen LogP contribution >= 0.6 is 0 Å². The number of hydrogen-bond donors (Lipinski definition) is 0. The Hall–Kier alpha value is -2.95. The van der Waals surface area contributed by atoms with E-state index < -0.39 is 0 Å². The maximum atomic E-state index is 12.3. The van der Waals surface area contributed by atoms with Crippen LogP contribution in [0.15, 0.2) is 54.0 Å². The third-order valence-electron chi connectivity index (χ3n) is 3.63. The zero-order valence-electron chi connectivity index (χ0n) is 13.1. The number of pyridine rings is 1. The molecule has 0 saturated heterocycles. The van der Waals surface area contributed by atoms with E-state index in [0.717, 1.165) is 22.6 Å². The molecule has 5 nitrogen and oxygen atoms in total. The van der Waals surface area contributed by atoms with Crippen LogP contribution < -0.4 is 10.3 Å². The normalized spacial score (nSPS) is 10.7. The molecule has 0 atom stereocenters. The van der Waals surface area contributed by atoms with E-state index in [9.17, 15) is 4.79 Å². The van der Waals surface area contributed by atoms with Gasteiger partial charge in [-0.25, -0.2) is 9.97 Å². The molecule has 0 saturated carbocycles. The average molecular weight is 307 g/mol. The number of hydrogen-bond acceptors (Lipinski definition) is 4. The van der Waals surface area contributed by atoms with Crippen molar-refractivity contribution in [3.8, 4) is 5.75 Å². The summed E-state index contributed by atoms with van der Waals surface area (Å²) in [4.78, 5) is 21.0. The van der Waals surface area contributed by atoms with Crippen LogP contribution in [0.3, 0.4) is 0 Å². The Bertz CT molecular complexity index is 927. The highest BCUT2D eigenvalue weighted by Crippen LogP contribution is 2.16. The van der Waals surface area contributed by atoms with Crippen LogP contribution in [0.2, 0.25) is 0 Å². The summed E-state index contributed by atoms with van der Waals surface area (Å²) in [6, 6.07) is 11.3. The van der Waals surface area contributed by atoms with E-state index in [1.54, 1.807) is 11.7 Å². The quantitative estimate of drug-likeness (QED) is 0.743. The van der Waals surface area contributed by atoms with E-state index in [2.05, 4.69) is 16.5 Å². The number of benzene rings is 1. The minimum Gasteiger partial charge on any atom is -0.497 e. The van der Waals surface area contributed by atoms with Crippen molar-refractivity contribution in [2.24, 2.45) is 0 Å². The molecule has 0 aliphatic rings. The van der Waals surface area contributed by atoms with Gasteiger partial charge in [-0.1, -0.05) is 18.7 Å². The Labute approximate surface area is 133 Å². The van der Waals surface area contributed by atoms with E-state index in [0.29, 0.717) is 17.7 Å². The van der Waals surface area contributed by atoms with Crippen LogP contribution in [0, 0.1) is 0 Å². The molecule has 0 amide bonds. The molecule has 3 rings (SSSR count). The second kappa shape index (κ2) is 6.04. The number of rotatable bonds is 4. The first kappa shape index (κ1) is 15.0. The number of aromatic nitrogens is 3. The number of ether oxygens (including phenoxy) is 1. The van der Waals surface area contributed by atoms with Crippen LogP contribution in [0.4, 0.5) is 0 Å². The first-order chi connectivity index (χ1) is 11.1. The van der Waals surface area contributed by atoms with Crippen molar-refractivity contribution in [1.29, 1.82) is 0 Å². The lowest BCUT2D eigenvalue weighted by Crippen LogP contribution is -2.22. The van der Waals surface area contributed by atoms with Gasteiger partial charge < -0.3 is 4.74 Å². The minimum absolute atomic E-state index is 0.181. The fraction of sp³-hybridized carbons (Fsp3) is 0.167. The maximum Gasteiger partial charge on any atom is 0.270 e. The van der Waals surface area contributed by atoms with Crippen LogP contribution in [0.1, 0.15) is 18.2 Å². The number of nitrogens with zero attached hydrogens (tertiary/aromatic N) is 3. The summed E-state index contributed by atoms with van der Waals surface area (Å²) in [6.07, 6.45) is 1.33. The molecule has 0 aliphatic carbocycles. The van der Waals surface area contributed by atoms with Crippen LogP contribution in [-0.2, 0) is 6.54 Å². The molecule has 0 radical (unpaired) electrons. The maximum absolute atomic E-state index is 12.3. The van der Waals surface area contributed by atoms with Crippen molar-refractivity contribution >= 4 is 16.7 Å². The average Bonchev–Trinajstić information content (AvgIpc) is 2.57. The molecule has 0 unspecified atom stereocenters. The Morgan fingerprint density at radius 2 is 1.96 bits per heavy atom. The van der Waals surface area contributed by atoms with E-state index >= 15 is 0 Å². The fourth-order valence-corrected chi connectivity index (χ4v) is 2.34. The van der Waals surface area contributed by atoms with Gasteiger partial charge >= 0.3 is 0 Å². The highest BCUT2D eigenvalue weighted by atomic mass is 16.5. The largest absolute Gasteiger partial charge is 0.497 e. The Kier molecular flexibility index (Phi) is 3.93. The zero-order chi connectivity index (χ0) is 16.4. The second-order valence-corrected chi connectivity index (χ2v) is 5.35. The van der Waals surface area contributed by atoms with Crippen molar-refractivity contribution in [2.45, 2.75) is 13.5 Å². The summed E-state index contributed by atoms with van der Waals surface area (Å²) in [7, 11) is 1.62. The van der Waals surface area contributed by atoms with Gasteiger partial charge in [-0.3, -0.25) is 9.36 Å². The van der Waals surface area contributed by atoms with Gasteiger partial charge in [0.05, 0.1) is 25.5 Å². The van der Waals surface area contributed by atoms with E-state index in [-0.39, 0.29) is 5.56 Å². The molecule has 116 valence electrons. The Morgan fingerprint density at radius 3 is 2.61 bits per heavy atom. The summed E-state index contributed by atoms with van der Waals surface area (Å²) in [6.45, 7) is 6.21. The van der Waals surface area contributed by atoms with Crippen molar-refractivity contribution in [1.82, 2.24) is 14.5 Å². The van der Waals surface area contributed by atoms with E-state index in [1.807, 2.05) is 43.3 Å². The molecule has 2 heterocycles. The predicted octanol–water partition coefficient (Wildman–Crippen LogP) is 2.88. The zero-order valence-corrected chi connectivity index (χ0v) is 13.1. The summed E-state index contributed by atoms with van der Waals surface area (Å²) >= 11 is 0. The molecule has 3 aromatic rings. The number of allylic oxidation sites excluding steroid dienone is 1. The molecule has 0 bridgehead atoms. The molecular formula is C18H17N3O2. The SMILES string of the molecule is C=C(C)c1ccc2ncc(=O)n(Cc3ccc(OC)cc3)c2n1. The van der Waals surface area contributed by atoms with Gasteiger partial charge in [-0.05, 0) is 42.3 Å². The standard InChI is InChI=1S/C18H17N3O2/c1-12(2)15-8-9-16-18(20-15)21(17(22)10-19-16)11-13-4-6-14(23-3)7-5-13/h4-10H,1,11H2,2-3H3. The van der Waals surface area contributed by atoms with E-state index in [4.69, 9.17) is 4.74 Å². The second-order valence-electron chi connectivity index (χ2n) is 5.35. The minimum atomic E-state index is -0.181. The molecule has 0 N–H and O–H groups in total. The van der Waals surface area contributed by atoms with E-state index in [1.165, 1.54) is 6.20 Å². The first-order valence-electron chi connectivity index (χ1n) is 7.24. The van der Waals surface area contributed by atoms with Crippen molar-refractivity contribution < 1.29 is 4.74 Å². The topological polar surface area (TPSA) is 57.0 Å². The molecule has 0 fully saturated rings. The van der Waals surface area contributed by atoms with Crippen LogP contribution in [-0.4, -0.2) is 21.6 Å². The molecule has 1 aromatic carbocycles. The fourth-order valence-electron chi connectivity index (χ4n) is 2.34. The Balaban J connectivity index is 2.10. The first-order valence-corrected chi connectivity index (χ1v) is 7.24. The molecule has 0 spiro atoms. The summed E-state index contributed by atoms with van der Waals surface area (Å²) in [5, 5.41) is 0. The van der Waals surface area contributed by atoms with Gasteiger partial charge in [0.25, 0.3) is 5.56 Å². The monoisotopic (exact) mass is 307 g/mol. The third-order valence-corrected chi connectivity index (χ3v) is 3.63. The highest BCUT2D eigenvalue weighted by molar-refractivity contribution is 5.73. The van der Waals surface area contributed by atoms with Gasteiger partial charge in [-0.2, -0.15) is 0 Å². The van der Waals surface area contributed by atoms with Crippen molar-refractivity contribution in [2.75, 3.05) is 7.11 Å². The smallest absolute Gasteiger partial charge is 0.270 e. The van der Waals surface area contributed by atoms with Crippen LogP contribution in [0.5, 0.6) is 5.75 Å². The van der Waals surface area contributed by atoms with Gasteiger partial charge in [-0.15, -0.1) is 0 Å². The highest BCUT2D eigenvalue weighted by Gasteiger charge is 2.08. The third kappa shape index (κ3) is 2.99. The molecule has 5 heteroatoms. The molecule has 0 aliphatic heterocycles. The van der Waals surface area contributed by atoms with Crippen molar-refractivity contribution in [3.63, 3.8) is 0 Å². The van der Waals surface area contributed by atoms with Gasteiger partial charge in [0.1, 0.15) is 11.3 Å². The molecule has 23 heavy (non-hydrogen) atoms. The molecular weight excluding hydrogens is 290 g/mol.